The van der Waals surface area contributed by atoms with Crippen molar-refractivity contribution in [3.8, 4) is 0 Å². The number of aromatic nitrogens is 1. The molecule has 0 amide bonds. The summed E-state index contributed by atoms with van der Waals surface area (Å²) in [6.45, 7) is 10.2. The summed E-state index contributed by atoms with van der Waals surface area (Å²) in [5.74, 6) is 1.14. The molecule has 0 aliphatic carbocycles. The first kappa shape index (κ1) is 12.4. The number of anilines is 1. The molecular formula is C14H23N3. The Morgan fingerprint density at radius 2 is 2.06 bits per heavy atom. The number of hydrogen-bond donors (Lipinski definition) is 0. The summed E-state index contributed by atoms with van der Waals surface area (Å²) in [6.07, 6.45) is 2.50. The fourth-order valence-electron chi connectivity index (χ4n) is 2.44. The molecule has 0 atom stereocenters. The predicted octanol–water partition coefficient (Wildman–Crippen LogP) is 2.31. The fourth-order valence-corrected chi connectivity index (χ4v) is 2.44. The minimum Gasteiger partial charge on any atom is -0.355 e. The Kier molecular flexibility index (Phi) is 4.37. The molecular weight excluding hydrogens is 210 g/mol. The molecule has 1 aliphatic rings. The summed E-state index contributed by atoms with van der Waals surface area (Å²) in [4.78, 5) is 9.60. The topological polar surface area (TPSA) is 19.4 Å². The van der Waals surface area contributed by atoms with Gasteiger partial charge in [0.15, 0.2) is 0 Å². The van der Waals surface area contributed by atoms with Crippen molar-refractivity contribution < 1.29 is 0 Å². The van der Waals surface area contributed by atoms with Crippen molar-refractivity contribution in [1.29, 1.82) is 0 Å². The Labute approximate surface area is 104 Å². The van der Waals surface area contributed by atoms with Crippen LogP contribution in [-0.4, -0.2) is 42.6 Å². The van der Waals surface area contributed by atoms with Crippen LogP contribution in [0.3, 0.4) is 0 Å². The normalized spacial score (nSPS) is 18.1. The standard InChI is InChI=1S/C14H23N3/c1-3-8-16-9-5-10-17(12-11-16)14-7-4-6-13(2)15-14/h4,6-7H,3,5,8-12H2,1-2H3. The number of aryl methyl sites for hydroxylation is 1. The summed E-state index contributed by atoms with van der Waals surface area (Å²) < 4.78 is 0. The molecule has 1 aromatic rings. The lowest BCUT2D eigenvalue weighted by atomic mass is 10.3. The number of rotatable bonds is 3. The largest absolute Gasteiger partial charge is 0.355 e. The third-order valence-corrected chi connectivity index (χ3v) is 3.33. The van der Waals surface area contributed by atoms with E-state index in [9.17, 15) is 0 Å². The predicted molar refractivity (Wildman–Crippen MR) is 72.5 cm³/mol. The second kappa shape index (κ2) is 6.01. The van der Waals surface area contributed by atoms with E-state index in [0.29, 0.717) is 0 Å². The molecule has 94 valence electrons. The minimum atomic E-state index is 1.11. The van der Waals surface area contributed by atoms with E-state index >= 15 is 0 Å². The van der Waals surface area contributed by atoms with Crippen LogP contribution in [-0.2, 0) is 0 Å². The lowest BCUT2D eigenvalue weighted by molar-refractivity contribution is 0.294. The van der Waals surface area contributed by atoms with Gasteiger partial charge in [0.2, 0.25) is 0 Å². The molecule has 2 heterocycles. The molecule has 17 heavy (non-hydrogen) atoms. The van der Waals surface area contributed by atoms with E-state index in [4.69, 9.17) is 0 Å². The van der Waals surface area contributed by atoms with Crippen LogP contribution in [0.25, 0.3) is 0 Å². The summed E-state index contributed by atoms with van der Waals surface area (Å²) in [7, 11) is 0. The van der Waals surface area contributed by atoms with Gasteiger partial charge in [-0.15, -0.1) is 0 Å². The highest BCUT2D eigenvalue weighted by molar-refractivity contribution is 5.39. The van der Waals surface area contributed by atoms with Gasteiger partial charge in [-0.05, 0) is 45.0 Å². The van der Waals surface area contributed by atoms with E-state index in [1.165, 1.54) is 32.5 Å². The van der Waals surface area contributed by atoms with Crippen molar-refractivity contribution in [3.05, 3.63) is 23.9 Å². The van der Waals surface area contributed by atoms with Crippen LogP contribution < -0.4 is 4.90 Å². The van der Waals surface area contributed by atoms with E-state index in [-0.39, 0.29) is 0 Å². The Hall–Kier alpha value is -1.09. The zero-order valence-corrected chi connectivity index (χ0v) is 11.0. The molecule has 0 saturated carbocycles. The summed E-state index contributed by atoms with van der Waals surface area (Å²) in [6, 6.07) is 6.29. The monoisotopic (exact) mass is 233 g/mol. The van der Waals surface area contributed by atoms with Crippen LogP contribution in [0.1, 0.15) is 25.5 Å². The van der Waals surface area contributed by atoms with Crippen LogP contribution in [0, 0.1) is 6.92 Å². The summed E-state index contributed by atoms with van der Waals surface area (Å²) in [5.41, 5.74) is 1.11. The van der Waals surface area contributed by atoms with Crippen LogP contribution in [0.4, 0.5) is 5.82 Å². The van der Waals surface area contributed by atoms with Gasteiger partial charge in [-0.25, -0.2) is 4.98 Å². The van der Waals surface area contributed by atoms with Crippen molar-refractivity contribution in [2.45, 2.75) is 26.7 Å². The molecule has 0 N–H and O–H groups in total. The maximum atomic E-state index is 4.62. The SMILES string of the molecule is CCCN1CCCN(c2cccc(C)n2)CC1. The van der Waals surface area contributed by atoms with E-state index < -0.39 is 0 Å². The second-order valence-electron chi connectivity index (χ2n) is 4.82. The number of nitrogens with zero attached hydrogens (tertiary/aromatic N) is 3. The van der Waals surface area contributed by atoms with Crippen LogP contribution in [0.15, 0.2) is 18.2 Å². The third-order valence-electron chi connectivity index (χ3n) is 3.33. The first-order valence-electron chi connectivity index (χ1n) is 6.70. The Bertz CT molecular complexity index is 351. The fraction of sp³-hybridized carbons (Fsp3) is 0.643. The molecule has 0 bridgehead atoms. The maximum Gasteiger partial charge on any atom is 0.128 e. The van der Waals surface area contributed by atoms with Crippen molar-refractivity contribution in [2.75, 3.05) is 37.6 Å². The average molecular weight is 233 g/mol. The zero-order chi connectivity index (χ0) is 12.1. The highest BCUT2D eigenvalue weighted by Crippen LogP contribution is 2.14. The lowest BCUT2D eigenvalue weighted by Gasteiger charge is -2.22. The molecule has 0 aromatic carbocycles. The Balaban J connectivity index is 1.99. The molecule has 1 aromatic heterocycles. The highest BCUT2D eigenvalue weighted by Gasteiger charge is 2.15. The van der Waals surface area contributed by atoms with Crippen molar-refractivity contribution in [1.82, 2.24) is 9.88 Å². The first-order valence-corrected chi connectivity index (χ1v) is 6.70. The van der Waals surface area contributed by atoms with Gasteiger partial charge < -0.3 is 9.80 Å². The van der Waals surface area contributed by atoms with Crippen LogP contribution in [0.5, 0.6) is 0 Å². The van der Waals surface area contributed by atoms with Crippen molar-refractivity contribution in [2.24, 2.45) is 0 Å². The number of pyridine rings is 1. The molecule has 1 saturated heterocycles. The van der Waals surface area contributed by atoms with Gasteiger partial charge in [-0.3, -0.25) is 0 Å². The van der Waals surface area contributed by atoms with Crippen LogP contribution >= 0.6 is 0 Å². The van der Waals surface area contributed by atoms with Gasteiger partial charge in [-0.2, -0.15) is 0 Å². The van der Waals surface area contributed by atoms with E-state index in [1.54, 1.807) is 0 Å². The van der Waals surface area contributed by atoms with Crippen molar-refractivity contribution >= 4 is 5.82 Å². The van der Waals surface area contributed by atoms with Gasteiger partial charge >= 0.3 is 0 Å². The van der Waals surface area contributed by atoms with E-state index in [2.05, 4.69) is 46.8 Å². The van der Waals surface area contributed by atoms with Gasteiger partial charge in [0.1, 0.15) is 5.82 Å². The molecule has 0 unspecified atom stereocenters. The maximum absolute atomic E-state index is 4.62. The van der Waals surface area contributed by atoms with Gasteiger partial charge in [-0.1, -0.05) is 13.0 Å². The number of hydrogen-bond acceptors (Lipinski definition) is 3. The van der Waals surface area contributed by atoms with Gasteiger partial charge in [0.05, 0.1) is 0 Å². The molecule has 2 rings (SSSR count). The molecule has 1 aliphatic heterocycles. The summed E-state index contributed by atoms with van der Waals surface area (Å²) >= 11 is 0. The molecule has 0 spiro atoms. The van der Waals surface area contributed by atoms with E-state index in [1.807, 2.05) is 0 Å². The molecule has 3 heteroatoms. The third kappa shape index (κ3) is 3.43. The van der Waals surface area contributed by atoms with Crippen LogP contribution in [0.2, 0.25) is 0 Å². The minimum absolute atomic E-state index is 1.11. The molecule has 3 nitrogen and oxygen atoms in total. The lowest BCUT2D eigenvalue weighted by Crippen LogP contribution is -2.31. The smallest absolute Gasteiger partial charge is 0.128 e. The van der Waals surface area contributed by atoms with E-state index in [0.717, 1.165) is 24.6 Å². The summed E-state index contributed by atoms with van der Waals surface area (Å²) in [5, 5.41) is 0. The van der Waals surface area contributed by atoms with Crippen molar-refractivity contribution in [3.63, 3.8) is 0 Å². The van der Waals surface area contributed by atoms with Gasteiger partial charge in [0.25, 0.3) is 0 Å². The Morgan fingerprint density at radius 3 is 2.82 bits per heavy atom. The second-order valence-corrected chi connectivity index (χ2v) is 4.82. The zero-order valence-electron chi connectivity index (χ0n) is 11.0. The van der Waals surface area contributed by atoms with Gasteiger partial charge in [0, 0.05) is 25.3 Å². The average Bonchev–Trinajstić information content (AvgIpc) is 2.55. The molecule has 1 fully saturated rings. The quantitative estimate of drug-likeness (QED) is 0.798. The highest BCUT2D eigenvalue weighted by atomic mass is 15.2. The molecule has 0 radical (unpaired) electrons. The Morgan fingerprint density at radius 1 is 1.18 bits per heavy atom. The first-order chi connectivity index (χ1) is 8.29.